The van der Waals surface area contributed by atoms with Crippen LogP contribution in [0, 0.1) is 19.7 Å². The molecule has 1 amide bonds. The quantitative estimate of drug-likeness (QED) is 0.405. The molecule has 0 aliphatic rings. The number of nitrogens with one attached hydrogen (secondary N) is 2. The molecule has 0 spiro atoms. The highest BCUT2D eigenvalue weighted by Gasteiger charge is 2.29. The summed E-state index contributed by atoms with van der Waals surface area (Å²) in [6.45, 7) is 3.09. The number of hydrogen-bond acceptors (Lipinski definition) is 6. The van der Waals surface area contributed by atoms with Gasteiger partial charge in [0, 0.05) is 24.6 Å². The van der Waals surface area contributed by atoms with Crippen LogP contribution in [0.4, 0.5) is 4.39 Å². The lowest BCUT2D eigenvalue weighted by atomic mass is 10.0. The van der Waals surface area contributed by atoms with E-state index in [1.54, 1.807) is 24.3 Å². The summed E-state index contributed by atoms with van der Waals surface area (Å²) in [4.78, 5) is 12.5. The number of carbonyl (C=O) groups is 1. The number of ether oxygens (including phenoxy) is 1. The third kappa shape index (κ3) is 5.16. The fraction of sp³-hybridized carbons (Fsp3) is 0.238. The number of methoxy groups -OCH3 is 1. The van der Waals surface area contributed by atoms with Crippen LogP contribution in [0.2, 0.25) is 0 Å². The Labute approximate surface area is 180 Å². The van der Waals surface area contributed by atoms with Gasteiger partial charge in [-0.25, -0.2) is 4.39 Å². The largest absolute Gasteiger partial charge is 0.593 e. The zero-order chi connectivity index (χ0) is 22.6. The van der Waals surface area contributed by atoms with Gasteiger partial charge in [-0.2, -0.15) is 0 Å². The van der Waals surface area contributed by atoms with E-state index in [0.717, 1.165) is 0 Å². The van der Waals surface area contributed by atoms with Gasteiger partial charge >= 0.3 is 0 Å². The van der Waals surface area contributed by atoms with Gasteiger partial charge in [0.05, 0.1) is 13.7 Å². The van der Waals surface area contributed by atoms with E-state index in [4.69, 9.17) is 9.26 Å². The first kappa shape index (κ1) is 22.6. The third-order valence-corrected chi connectivity index (χ3v) is 6.24. The van der Waals surface area contributed by atoms with E-state index >= 15 is 0 Å². The minimum atomic E-state index is -3.80. The molecule has 31 heavy (non-hydrogen) atoms. The highest BCUT2D eigenvalue weighted by Crippen LogP contribution is 2.31. The molecule has 0 aliphatic carbocycles. The molecule has 3 rings (SSSR count). The normalized spacial score (nSPS) is 12.9. The van der Waals surface area contributed by atoms with E-state index in [9.17, 15) is 17.9 Å². The Morgan fingerprint density at radius 3 is 2.68 bits per heavy atom. The molecular formula is C21H22FN3O5S. The fourth-order valence-electron chi connectivity index (χ4n) is 3.13. The summed E-state index contributed by atoms with van der Waals surface area (Å²) in [6.07, 6.45) is 0. The van der Waals surface area contributed by atoms with E-state index < -0.39 is 22.1 Å². The summed E-state index contributed by atoms with van der Waals surface area (Å²) in [7, 11) is -2.32. The maximum atomic E-state index is 13.7. The summed E-state index contributed by atoms with van der Waals surface area (Å²) < 4.78 is 51.0. The number of amides is 1. The second-order valence-corrected chi connectivity index (χ2v) is 8.44. The molecule has 10 heteroatoms. The minimum absolute atomic E-state index is 0.00410. The van der Waals surface area contributed by atoms with Crippen LogP contribution in [0.3, 0.4) is 0 Å². The number of nitrogens with zero attached hydrogens (tertiary/aromatic N) is 1. The molecule has 1 aromatic heterocycles. The molecule has 8 nitrogen and oxygen atoms in total. The zero-order valence-electron chi connectivity index (χ0n) is 17.2. The van der Waals surface area contributed by atoms with Crippen molar-refractivity contribution in [3.05, 3.63) is 65.3 Å². The molecule has 1 unspecified atom stereocenters. The highest BCUT2D eigenvalue weighted by molar-refractivity contribution is 7.95. The summed E-state index contributed by atoms with van der Waals surface area (Å²) in [6, 6.07) is 10.8. The Kier molecular flexibility index (Phi) is 6.84. The smallest absolute Gasteiger partial charge is 0.251 e. The summed E-state index contributed by atoms with van der Waals surface area (Å²) in [5, 5.41) is 6.29. The molecule has 2 N–H and O–H groups in total. The molecule has 0 saturated heterocycles. The van der Waals surface area contributed by atoms with Crippen molar-refractivity contribution >= 4 is 16.3 Å². The van der Waals surface area contributed by atoms with Gasteiger partial charge in [0.1, 0.15) is 17.3 Å². The lowest BCUT2D eigenvalue weighted by Crippen LogP contribution is -2.38. The molecule has 2 aromatic carbocycles. The highest BCUT2D eigenvalue weighted by atomic mass is 32.3. The Hall–Kier alpha value is -3.08. The SMILES string of the molecule is COc1ccc(F)cc1-c1cccc(C(=O)NCCN[S+](=O)([O-])c2c(C)noc2C)c1. The van der Waals surface area contributed by atoms with E-state index in [1.165, 1.54) is 39.2 Å². The van der Waals surface area contributed by atoms with Crippen LogP contribution < -0.4 is 14.8 Å². The third-order valence-electron chi connectivity index (χ3n) is 4.54. The Balaban J connectivity index is 1.64. The van der Waals surface area contributed by atoms with Crippen molar-refractivity contribution < 1.29 is 27.2 Å². The van der Waals surface area contributed by atoms with Crippen LogP contribution in [-0.2, 0) is 14.6 Å². The Morgan fingerprint density at radius 1 is 1.23 bits per heavy atom. The summed E-state index contributed by atoms with van der Waals surface area (Å²) in [5.41, 5.74) is 1.74. The molecule has 0 radical (unpaired) electrons. The van der Waals surface area contributed by atoms with Gasteiger partial charge in [0.25, 0.3) is 5.91 Å². The lowest BCUT2D eigenvalue weighted by Gasteiger charge is -2.14. The van der Waals surface area contributed by atoms with Crippen LogP contribution in [0.5, 0.6) is 5.75 Å². The first-order valence-electron chi connectivity index (χ1n) is 9.37. The predicted octanol–water partition coefficient (Wildman–Crippen LogP) is 3.03. The number of benzene rings is 2. The maximum absolute atomic E-state index is 13.7. The van der Waals surface area contributed by atoms with Gasteiger partial charge in [0.15, 0.2) is 16.2 Å². The number of rotatable bonds is 8. The standard InChI is InChI=1S/C21H22FN3O5S/c1-13-20(14(2)30-25-13)31(27,28)24-10-9-23-21(26)16-6-4-5-15(11-16)18-12-17(22)7-8-19(18)29-3/h4-8,11-12H,9-10H2,1-3H3,(H2-,23,24,26,27,28). The van der Waals surface area contributed by atoms with Crippen LogP contribution in [0.25, 0.3) is 11.1 Å². The monoisotopic (exact) mass is 447 g/mol. The van der Waals surface area contributed by atoms with E-state index in [2.05, 4.69) is 15.2 Å². The van der Waals surface area contributed by atoms with Gasteiger partial charge in [-0.15, -0.1) is 4.72 Å². The second kappa shape index (κ2) is 9.38. The average molecular weight is 447 g/mol. The number of sulfonamides is 1. The summed E-state index contributed by atoms with van der Waals surface area (Å²) >= 11 is 0. The van der Waals surface area contributed by atoms with Gasteiger partial charge < -0.3 is 19.1 Å². The number of halogens is 1. The van der Waals surface area contributed by atoms with Crippen LogP contribution >= 0.6 is 0 Å². The molecule has 3 aromatic rings. The van der Waals surface area contributed by atoms with Gasteiger partial charge in [-0.1, -0.05) is 21.5 Å². The molecular weight excluding hydrogens is 425 g/mol. The van der Waals surface area contributed by atoms with E-state index in [0.29, 0.717) is 22.4 Å². The summed E-state index contributed by atoms with van der Waals surface area (Å²) in [5.74, 6) is -0.142. The zero-order valence-corrected chi connectivity index (χ0v) is 18.0. The van der Waals surface area contributed by atoms with Gasteiger partial charge in [0.2, 0.25) is 4.90 Å². The van der Waals surface area contributed by atoms with Crippen molar-refractivity contribution in [2.75, 3.05) is 20.2 Å². The van der Waals surface area contributed by atoms with Crippen molar-refractivity contribution in [3.63, 3.8) is 0 Å². The molecule has 1 atom stereocenters. The van der Waals surface area contributed by atoms with Crippen molar-refractivity contribution in [2.24, 2.45) is 0 Å². The van der Waals surface area contributed by atoms with Crippen molar-refractivity contribution in [3.8, 4) is 16.9 Å². The lowest BCUT2D eigenvalue weighted by molar-refractivity contribution is 0.0954. The van der Waals surface area contributed by atoms with Gasteiger partial charge in [-0.3, -0.25) is 4.79 Å². The molecule has 0 aliphatic heterocycles. The first-order chi connectivity index (χ1) is 14.7. The number of aromatic nitrogens is 1. The second-order valence-electron chi connectivity index (χ2n) is 6.73. The van der Waals surface area contributed by atoms with E-state index in [1.807, 2.05) is 0 Å². The average Bonchev–Trinajstić information content (AvgIpc) is 3.10. The van der Waals surface area contributed by atoms with Gasteiger partial charge in [-0.05, 0) is 42.8 Å². The number of aryl methyl sites for hydroxylation is 2. The van der Waals surface area contributed by atoms with Crippen molar-refractivity contribution in [1.82, 2.24) is 15.2 Å². The fourth-order valence-corrected chi connectivity index (χ4v) is 4.48. The molecule has 164 valence electrons. The predicted molar refractivity (Wildman–Crippen MR) is 112 cm³/mol. The Morgan fingerprint density at radius 2 is 2.00 bits per heavy atom. The number of carbonyl (C=O) groups excluding carboxylic acids is 1. The van der Waals surface area contributed by atoms with Crippen molar-refractivity contribution in [2.45, 2.75) is 18.7 Å². The van der Waals surface area contributed by atoms with E-state index in [-0.39, 0.29) is 29.4 Å². The topological polar surface area (TPSA) is 117 Å². The van der Waals surface area contributed by atoms with Crippen LogP contribution in [0.1, 0.15) is 21.8 Å². The molecule has 0 saturated carbocycles. The maximum Gasteiger partial charge on any atom is 0.251 e. The molecule has 0 fully saturated rings. The Bertz CT molecular complexity index is 1130. The van der Waals surface area contributed by atoms with Crippen LogP contribution in [-0.4, -0.2) is 35.8 Å². The van der Waals surface area contributed by atoms with Crippen LogP contribution in [0.15, 0.2) is 51.9 Å². The molecule has 1 heterocycles. The minimum Gasteiger partial charge on any atom is -0.593 e. The molecule has 0 bridgehead atoms. The van der Waals surface area contributed by atoms with Crippen molar-refractivity contribution in [1.29, 1.82) is 0 Å². The number of hydrogen-bond donors (Lipinski definition) is 2. The first-order valence-corrected chi connectivity index (χ1v) is 10.9.